The van der Waals surface area contributed by atoms with Crippen molar-refractivity contribution in [3.05, 3.63) is 70.4 Å². The number of benzene rings is 2. The monoisotopic (exact) mass is 496 g/mol. The van der Waals surface area contributed by atoms with Crippen molar-refractivity contribution in [3.8, 4) is 11.1 Å². The van der Waals surface area contributed by atoms with Crippen LogP contribution >= 0.6 is 11.3 Å². The second kappa shape index (κ2) is 10.4. The van der Waals surface area contributed by atoms with Crippen molar-refractivity contribution in [1.29, 1.82) is 0 Å². The fourth-order valence-electron chi connectivity index (χ4n) is 3.07. The van der Waals surface area contributed by atoms with Gasteiger partial charge in [0.1, 0.15) is 0 Å². The number of hydrogen-bond acceptors (Lipinski definition) is 5. The van der Waals surface area contributed by atoms with Gasteiger partial charge >= 0.3 is 164 Å². The van der Waals surface area contributed by atoms with Gasteiger partial charge < -0.3 is 0 Å². The number of nitrogens with two attached hydrogens (primary N) is 1. The van der Waals surface area contributed by atoms with Crippen LogP contribution in [0.5, 0.6) is 0 Å². The Hall–Kier alpha value is -2.89. The number of nitrogens with one attached hydrogen (secondary N) is 2. The second-order valence-corrected chi connectivity index (χ2v) is 10.4. The molecule has 2 aromatic carbocycles. The molecule has 3 aromatic rings. The van der Waals surface area contributed by atoms with Crippen molar-refractivity contribution in [2.24, 2.45) is 0 Å². The van der Waals surface area contributed by atoms with Gasteiger partial charge in [0.05, 0.1) is 0 Å². The number of rotatable bonds is 8. The van der Waals surface area contributed by atoms with Gasteiger partial charge in [0.25, 0.3) is 0 Å². The molecule has 0 spiro atoms. The minimum atomic E-state index is -0.558. The van der Waals surface area contributed by atoms with E-state index in [1.54, 1.807) is 55.6 Å². The molecular formula is C23H23AsN3O3S. The molecule has 0 fully saturated rings. The average molecular weight is 496 g/mol. The zero-order chi connectivity index (χ0) is 22.4. The first kappa shape index (κ1) is 22.8. The summed E-state index contributed by atoms with van der Waals surface area (Å²) in [6.45, 7) is 1.55. The fourth-order valence-corrected chi connectivity index (χ4v) is 5.45. The molecule has 0 aliphatic heterocycles. The van der Waals surface area contributed by atoms with Crippen molar-refractivity contribution >= 4 is 54.8 Å². The van der Waals surface area contributed by atoms with Crippen LogP contribution in [0.1, 0.15) is 28.8 Å². The van der Waals surface area contributed by atoms with Crippen LogP contribution in [0.4, 0.5) is 11.4 Å². The SMILES string of the molecule is CNC(=O)C(C[As]C(C)=O)c1ccc(C(=O)Nc2cc(-c3ccsc3)ccc2N)cc1. The standard InChI is InChI=1S/C23H23AsN3O3S/c1-14(28)24-12-19(23(30)26-2)15-3-5-16(6-4-15)22(29)27-21-11-17(7-8-20(21)25)18-9-10-31-13-18/h3-11,13,19H,12,25H2,1-2H3,(H,26,30)(H,27,29). The van der Waals surface area contributed by atoms with E-state index in [4.69, 9.17) is 5.73 Å². The van der Waals surface area contributed by atoms with Gasteiger partial charge in [0.2, 0.25) is 0 Å². The van der Waals surface area contributed by atoms with Crippen LogP contribution in [0, 0.1) is 0 Å². The van der Waals surface area contributed by atoms with Gasteiger partial charge in [-0.1, -0.05) is 0 Å². The Morgan fingerprint density at radius 1 is 1.06 bits per heavy atom. The number of carbonyl (C=O) groups excluding carboxylic acids is 3. The van der Waals surface area contributed by atoms with Gasteiger partial charge in [-0.05, 0) is 16.8 Å². The molecule has 0 saturated heterocycles. The zero-order valence-corrected chi connectivity index (χ0v) is 19.9. The predicted molar refractivity (Wildman–Crippen MR) is 127 cm³/mol. The van der Waals surface area contributed by atoms with Crippen LogP contribution < -0.4 is 16.4 Å². The molecule has 0 saturated carbocycles. The van der Waals surface area contributed by atoms with Crippen molar-refractivity contribution in [2.45, 2.75) is 18.1 Å². The van der Waals surface area contributed by atoms with E-state index in [1.165, 1.54) is 0 Å². The van der Waals surface area contributed by atoms with Gasteiger partial charge in [-0.2, -0.15) is 11.3 Å². The summed E-state index contributed by atoms with van der Waals surface area (Å²) in [5.41, 5.74) is 10.4. The molecule has 31 heavy (non-hydrogen) atoms. The number of carbonyl (C=O) groups is 3. The molecule has 0 aliphatic rings. The molecule has 1 heterocycles. The molecule has 3 rings (SSSR count). The van der Waals surface area contributed by atoms with E-state index in [0.29, 0.717) is 22.1 Å². The number of nitrogen functional groups attached to an aromatic ring is 1. The third-order valence-corrected chi connectivity index (χ3v) is 7.56. The first-order valence-corrected chi connectivity index (χ1v) is 12.8. The summed E-state index contributed by atoms with van der Waals surface area (Å²) < 4.78 is 0.128. The number of anilines is 2. The molecule has 4 N–H and O–H groups in total. The van der Waals surface area contributed by atoms with E-state index in [0.717, 1.165) is 16.7 Å². The van der Waals surface area contributed by atoms with E-state index < -0.39 is 21.7 Å². The summed E-state index contributed by atoms with van der Waals surface area (Å²) in [5, 5.41) is 10.1. The molecule has 1 atom stereocenters. The normalized spacial score (nSPS) is 11.9. The first-order chi connectivity index (χ1) is 14.9. The van der Waals surface area contributed by atoms with E-state index in [2.05, 4.69) is 10.6 Å². The second-order valence-electron chi connectivity index (χ2n) is 6.92. The average Bonchev–Trinajstić information content (AvgIpc) is 3.30. The molecule has 0 aliphatic carbocycles. The molecule has 1 aromatic heterocycles. The van der Waals surface area contributed by atoms with Crippen LogP contribution in [0.3, 0.4) is 0 Å². The molecule has 1 unspecified atom stereocenters. The molecular weight excluding hydrogens is 473 g/mol. The molecule has 8 heteroatoms. The molecule has 0 bridgehead atoms. The topological polar surface area (TPSA) is 101 Å². The van der Waals surface area contributed by atoms with Gasteiger partial charge in [0.15, 0.2) is 0 Å². The number of thiophene rings is 1. The van der Waals surface area contributed by atoms with Crippen LogP contribution in [0.2, 0.25) is 5.21 Å². The Balaban J connectivity index is 1.76. The Kier molecular flexibility index (Phi) is 7.66. The Morgan fingerprint density at radius 2 is 1.81 bits per heavy atom. The summed E-state index contributed by atoms with van der Waals surface area (Å²) >= 11 is 1.05. The Morgan fingerprint density at radius 3 is 2.42 bits per heavy atom. The third kappa shape index (κ3) is 5.84. The van der Waals surface area contributed by atoms with Crippen molar-refractivity contribution in [3.63, 3.8) is 0 Å². The molecule has 159 valence electrons. The zero-order valence-electron chi connectivity index (χ0n) is 17.2. The Bertz CT molecular complexity index is 1080. The maximum atomic E-state index is 12.8. The summed E-state index contributed by atoms with van der Waals surface area (Å²) in [4.78, 5) is 36.4. The summed E-state index contributed by atoms with van der Waals surface area (Å²) in [5.74, 6) is -0.817. The van der Waals surface area contributed by atoms with E-state index in [9.17, 15) is 14.4 Å². The summed E-state index contributed by atoms with van der Waals surface area (Å²) in [6, 6.07) is 14.5. The molecule has 2 amide bonds. The summed E-state index contributed by atoms with van der Waals surface area (Å²) in [6.07, 6.45) is 0. The van der Waals surface area contributed by atoms with E-state index >= 15 is 0 Å². The Labute approximate surface area is 191 Å². The molecule has 1 radical (unpaired) electrons. The van der Waals surface area contributed by atoms with Crippen LogP contribution in [0.15, 0.2) is 59.3 Å². The van der Waals surface area contributed by atoms with Gasteiger partial charge in [-0.3, -0.25) is 0 Å². The van der Waals surface area contributed by atoms with Crippen LogP contribution in [0.25, 0.3) is 11.1 Å². The van der Waals surface area contributed by atoms with Crippen LogP contribution in [-0.2, 0) is 9.59 Å². The first-order valence-electron chi connectivity index (χ1n) is 9.62. The molecule has 6 nitrogen and oxygen atoms in total. The number of hydrogen-bond donors (Lipinski definition) is 3. The van der Waals surface area contributed by atoms with Gasteiger partial charge in [0, 0.05) is 0 Å². The maximum absolute atomic E-state index is 12.8. The minimum absolute atomic E-state index is 0.128. The quantitative estimate of drug-likeness (QED) is 0.327. The van der Waals surface area contributed by atoms with Crippen LogP contribution in [-0.4, -0.2) is 39.2 Å². The number of amides is 2. The van der Waals surface area contributed by atoms with Crippen molar-refractivity contribution in [1.82, 2.24) is 5.32 Å². The summed E-state index contributed by atoms with van der Waals surface area (Å²) in [7, 11) is 1.58. The van der Waals surface area contributed by atoms with E-state index in [1.807, 2.05) is 29.0 Å². The van der Waals surface area contributed by atoms with E-state index in [-0.39, 0.29) is 16.4 Å². The fraction of sp³-hybridized carbons (Fsp3) is 0.174. The van der Waals surface area contributed by atoms with Gasteiger partial charge in [-0.25, -0.2) is 0 Å². The van der Waals surface area contributed by atoms with Crippen molar-refractivity contribution < 1.29 is 14.4 Å². The predicted octanol–water partition coefficient (Wildman–Crippen LogP) is 3.75. The number of likely N-dealkylation sites (N-methyl/N-ethyl adjacent to an activating group) is 1. The third-order valence-electron chi connectivity index (χ3n) is 4.79. The van der Waals surface area contributed by atoms with Crippen molar-refractivity contribution in [2.75, 3.05) is 18.1 Å². The van der Waals surface area contributed by atoms with Gasteiger partial charge in [-0.15, -0.1) is 0 Å².